The van der Waals surface area contributed by atoms with E-state index in [1.165, 1.54) is 10.6 Å². The van der Waals surface area contributed by atoms with Crippen LogP contribution >= 0.6 is 11.3 Å². The van der Waals surface area contributed by atoms with E-state index >= 15 is 0 Å². The Morgan fingerprint density at radius 1 is 1.40 bits per heavy atom. The van der Waals surface area contributed by atoms with Gasteiger partial charge in [0.25, 0.3) is 0 Å². The van der Waals surface area contributed by atoms with E-state index in [0.29, 0.717) is 5.92 Å². The minimum Gasteiger partial charge on any atom is -0.383 e. The Morgan fingerprint density at radius 2 is 2.25 bits per heavy atom. The van der Waals surface area contributed by atoms with Crippen molar-refractivity contribution in [2.75, 3.05) is 20.3 Å². The van der Waals surface area contributed by atoms with Crippen LogP contribution in [-0.2, 0) is 11.3 Å². The fourth-order valence-electron chi connectivity index (χ4n) is 1.93. The van der Waals surface area contributed by atoms with Gasteiger partial charge in [-0.15, -0.1) is 11.3 Å². The number of pyridine rings is 1. The molecule has 5 heteroatoms. The third-order valence-corrected chi connectivity index (χ3v) is 4.07. The first-order valence-electron chi connectivity index (χ1n) is 6.82. The highest BCUT2D eigenvalue weighted by Gasteiger charge is 2.14. The second-order valence-corrected chi connectivity index (χ2v) is 5.98. The molecule has 20 heavy (non-hydrogen) atoms. The van der Waals surface area contributed by atoms with Gasteiger partial charge in [0.1, 0.15) is 5.01 Å². The van der Waals surface area contributed by atoms with Crippen LogP contribution in [0.2, 0.25) is 0 Å². The van der Waals surface area contributed by atoms with Crippen molar-refractivity contribution < 1.29 is 4.74 Å². The smallest absolute Gasteiger partial charge is 0.125 e. The maximum absolute atomic E-state index is 5.05. The summed E-state index contributed by atoms with van der Waals surface area (Å²) < 4.78 is 5.05. The Balaban J connectivity index is 2.16. The monoisotopic (exact) mass is 291 g/mol. The first-order chi connectivity index (χ1) is 9.72. The Kier molecular flexibility index (Phi) is 5.64. The molecule has 0 aliphatic heterocycles. The highest BCUT2D eigenvalue weighted by atomic mass is 32.1. The van der Waals surface area contributed by atoms with Crippen LogP contribution in [0.15, 0.2) is 24.5 Å². The highest BCUT2D eigenvalue weighted by Crippen LogP contribution is 2.31. The number of thiazole rings is 1. The summed E-state index contributed by atoms with van der Waals surface area (Å²) in [6, 6.07) is 4.00. The SMILES string of the molecule is COCCNCc1sc(-c2cccnc2)nc1C(C)C. The molecule has 108 valence electrons. The first kappa shape index (κ1) is 15.1. The molecule has 0 unspecified atom stereocenters. The van der Waals surface area contributed by atoms with Gasteiger partial charge < -0.3 is 10.1 Å². The average molecular weight is 291 g/mol. The van der Waals surface area contributed by atoms with Gasteiger partial charge in [0.2, 0.25) is 0 Å². The third kappa shape index (κ3) is 3.85. The molecular formula is C15H21N3OS. The molecule has 2 aromatic rings. The Labute approximate surface area is 124 Å². The number of hydrogen-bond donors (Lipinski definition) is 1. The topological polar surface area (TPSA) is 47.0 Å². The Morgan fingerprint density at radius 3 is 2.90 bits per heavy atom. The summed E-state index contributed by atoms with van der Waals surface area (Å²) in [5.41, 5.74) is 2.27. The number of aromatic nitrogens is 2. The molecule has 0 radical (unpaired) electrons. The quantitative estimate of drug-likeness (QED) is 0.796. The number of nitrogens with one attached hydrogen (secondary N) is 1. The highest BCUT2D eigenvalue weighted by molar-refractivity contribution is 7.15. The molecule has 4 nitrogen and oxygen atoms in total. The second-order valence-electron chi connectivity index (χ2n) is 4.89. The number of rotatable bonds is 7. The normalized spacial score (nSPS) is 11.2. The minimum atomic E-state index is 0.427. The van der Waals surface area contributed by atoms with Crippen molar-refractivity contribution in [2.45, 2.75) is 26.3 Å². The van der Waals surface area contributed by atoms with Crippen molar-refractivity contribution in [3.63, 3.8) is 0 Å². The largest absolute Gasteiger partial charge is 0.383 e. The second kappa shape index (κ2) is 7.47. The number of nitrogens with zero attached hydrogens (tertiary/aromatic N) is 2. The average Bonchev–Trinajstić information content (AvgIpc) is 2.89. The van der Waals surface area contributed by atoms with Gasteiger partial charge in [-0.1, -0.05) is 13.8 Å². The maximum atomic E-state index is 5.05. The summed E-state index contributed by atoms with van der Waals surface area (Å²) in [5.74, 6) is 0.427. The van der Waals surface area contributed by atoms with E-state index in [9.17, 15) is 0 Å². The number of ether oxygens (including phenoxy) is 1. The lowest BCUT2D eigenvalue weighted by Gasteiger charge is -2.06. The van der Waals surface area contributed by atoms with Crippen molar-refractivity contribution in [3.05, 3.63) is 35.1 Å². The van der Waals surface area contributed by atoms with E-state index in [1.807, 2.05) is 12.3 Å². The molecule has 0 bridgehead atoms. The number of methoxy groups -OCH3 is 1. The zero-order chi connectivity index (χ0) is 14.4. The molecule has 2 heterocycles. The van der Waals surface area contributed by atoms with Gasteiger partial charge in [-0.3, -0.25) is 4.98 Å². The molecule has 0 atom stereocenters. The zero-order valence-electron chi connectivity index (χ0n) is 12.2. The zero-order valence-corrected chi connectivity index (χ0v) is 13.0. The van der Waals surface area contributed by atoms with E-state index < -0.39 is 0 Å². The summed E-state index contributed by atoms with van der Waals surface area (Å²) >= 11 is 1.74. The molecule has 2 aromatic heterocycles. The van der Waals surface area contributed by atoms with E-state index in [-0.39, 0.29) is 0 Å². The van der Waals surface area contributed by atoms with Gasteiger partial charge >= 0.3 is 0 Å². The Bertz CT molecular complexity index is 525. The van der Waals surface area contributed by atoms with E-state index in [1.54, 1.807) is 24.6 Å². The first-order valence-corrected chi connectivity index (χ1v) is 7.63. The summed E-state index contributed by atoms with van der Waals surface area (Å²) in [5, 5.41) is 4.44. The molecule has 0 amide bonds. The van der Waals surface area contributed by atoms with Crippen LogP contribution in [0.3, 0.4) is 0 Å². The van der Waals surface area contributed by atoms with Crippen LogP contribution in [0.5, 0.6) is 0 Å². The van der Waals surface area contributed by atoms with Crippen molar-refractivity contribution in [3.8, 4) is 10.6 Å². The van der Waals surface area contributed by atoms with Crippen LogP contribution in [0.4, 0.5) is 0 Å². The lowest BCUT2D eigenvalue weighted by atomic mass is 10.1. The van der Waals surface area contributed by atoms with Crippen LogP contribution in [0.25, 0.3) is 10.6 Å². The van der Waals surface area contributed by atoms with E-state index in [2.05, 4.69) is 30.2 Å². The summed E-state index contributed by atoms with van der Waals surface area (Å²) in [6.07, 6.45) is 3.65. The van der Waals surface area contributed by atoms with Gasteiger partial charge in [-0.25, -0.2) is 4.98 Å². The van der Waals surface area contributed by atoms with Gasteiger partial charge in [0, 0.05) is 43.0 Å². The van der Waals surface area contributed by atoms with Crippen LogP contribution in [0, 0.1) is 0 Å². The van der Waals surface area contributed by atoms with Crippen molar-refractivity contribution >= 4 is 11.3 Å². The molecule has 0 fully saturated rings. The van der Waals surface area contributed by atoms with Crippen molar-refractivity contribution in [2.24, 2.45) is 0 Å². The summed E-state index contributed by atoms with van der Waals surface area (Å²) in [4.78, 5) is 10.3. The lowest BCUT2D eigenvalue weighted by molar-refractivity contribution is 0.199. The van der Waals surface area contributed by atoms with Gasteiger partial charge in [0.05, 0.1) is 12.3 Å². The van der Waals surface area contributed by atoms with Crippen molar-refractivity contribution in [1.82, 2.24) is 15.3 Å². The van der Waals surface area contributed by atoms with Gasteiger partial charge in [-0.05, 0) is 18.1 Å². The van der Waals surface area contributed by atoms with Gasteiger partial charge in [0.15, 0.2) is 0 Å². The molecule has 0 aliphatic carbocycles. The standard InChI is InChI=1S/C15H21N3OS/c1-11(2)14-13(10-17-7-8-19-3)20-15(18-14)12-5-4-6-16-9-12/h4-6,9,11,17H,7-8,10H2,1-3H3. The molecule has 2 rings (SSSR count). The van der Waals surface area contributed by atoms with E-state index in [4.69, 9.17) is 9.72 Å². The summed E-state index contributed by atoms with van der Waals surface area (Å²) in [7, 11) is 1.72. The molecule has 0 saturated heterocycles. The van der Waals surface area contributed by atoms with Gasteiger partial charge in [-0.2, -0.15) is 0 Å². The van der Waals surface area contributed by atoms with Crippen molar-refractivity contribution in [1.29, 1.82) is 0 Å². The molecule has 0 aromatic carbocycles. The molecule has 1 N–H and O–H groups in total. The molecule has 0 spiro atoms. The third-order valence-electron chi connectivity index (χ3n) is 2.95. The molecule has 0 aliphatic rings. The Hall–Kier alpha value is -1.30. The molecular weight excluding hydrogens is 270 g/mol. The van der Waals surface area contributed by atoms with E-state index in [0.717, 1.165) is 30.3 Å². The predicted molar refractivity (Wildman–Crippen MR) is 83.0 cm³/mol. The maximum Gasteiger partial charge on any atom is 0.125 e. The predicted octanol–water partition coefficient (Wildman–Crippen LogP) is 3.06. The summed E-state index contributed by atoms with van der Waals surface area (Å²) in [6.45, 7) is 6.79. The minimum absolute atomic E-state index is 0.427. The number of hydrogen-bond acceptors (Lipinski definition) is 5. The fraction of sp³-hybridized carbons (Fsp3) is 0.467. The fourth-order valence-corrected chi connectivity index (χ4v) is 3.11. The lowest BCUT2D eigenvalue weighted by Crippen LogP contribution is -2.18. The molecule has 0 saturated carbocycles. The van der Waals surface area contributed by atoms with Crippen LogP contribution < -0.4 is 5.32 Å². The van der Waals surface area contributed by atoms with Crippen LogP contribution in [-0.4, -0.2) is 30.2 Å². The van der Waals surface area contributed by atoms with Crippen LogP contribution in [0.1, 0.15) is 30.3 Å².